The predicted molar refractivity (Wildman–Crippen MR) is 26.1 cm³/mol. The molecule has 0 aromatic carbocycles. The molecule has 2 aliphatic heterocycles. The highest BCUT2D eigenvalue weighted by Crippen LogP contribution is 2.23. The molecule has 1 atom stereocenters. The fourth-order valence-electron chi connectivity index (χ4n) is 1.13. The second kappa shape index (κ2) is 1.23. The molecule has 0 aliphatic carbocycles. The van der Waals surface area contributed by atoms with Gasteiger partial charge in [0.1, 0.15) is 6.23 Å². The Morgan fingerprint density at radius 1 is 1.75 bits per heavy atom. The first-order valence-electron chi connectivity index (χ1n) is 2.79. The number of β-lactam (4-membered cyclic amide) rings is 1. The lowest BCUT2D eigenvalue weighted by Gasteiger charge is -2.31. The maximum Gasteiger partial charge on any atom is 0.229 e. The van der Waals surface area contributed by atoms with Crippen molar-refractivity contribution in [3.63, 3.8) is 0 Å². The summed E-state index contributed by atoms with van der Waals surface area (Å²) in [5.41, 5.74) is 0. The number of carbonyl (C=O) groups excluding carboxylic acids is 1. The first kappa shape index (κ1) is 4.32. The van der Waals surface area contributed by atoms with E-state index in [0.29, 0.717) is 6.42 Å². The largest absolute Gasteiger partial charge is 0.356 e. The Kier molecular flexibility index (Phi) is 0.663. The standard InChI is InChI=1S/C5H7NO2/c7-4-3-5-6(4)1-2-8-5/h5H,1-3H2. The van der Waals surface area contributed by atoms with E-state index in [1.807, 2.05) is 0 Å². The van der Waals surface area contributed by atoms with E-state index in [1.54, 1.807) is 4.90 Å². The van der Waals surface area contributed by atoms with E-state index in [4.69, 9.17) is 4.74 Å². The van der Waals surface area contributed by atoms with Crippen LogP contribution in [0.25, 0.3) is 0 Å². The van der Waals surface area contributed by atoms with Gasteiger partial charge in [0, 0.05) is 6.54 Å². The van der Waals surface area contributed by atoms with Gasteiger partial charge in [0.25, 0.3) is 0 Å². The molecular weight excluding hydrogens is 106 g/mol. The van der Waals surface area contributed by atoms with E-state index in [9.17, 15) is 4.79 Å². The zero-order valence-corrected chi connectivity index (χ0v) is 4.46. The molecule has 2 rings (SSSR count). The third kappa shape index (κ3) is 0.351. The van der Waals surface area contributed by atoms with Crippen LogP contribution >= 0.6 is 0 Å². The van der Waals surface area contributed by atoms with Gasteiger partial charge < -0.3 is 9.64 Å². The number of ether oxygens (including phenoxy) is 1. The van der Waals surface area contributed by atoms with Crippen LogP contribution in [0, 0.1) is 0 Å². The quantitative estimate of drug-likeness (QED) is 0.399. The maximum atomic E-state index is 10.6. The van der Waals surface area contributed by atoms with Crippen LogP contribution < -0.4 is 0 Å². The molecule has 1 amide bonds. The van der Waals surface area contributed by atoms with Crippen molar-refractivity contribution in [1.29, 1.82) is 0 Å². The van der Waals surface area contributed by atoms with Crippen LogP contribution in [-0.2, 0) is 9.53 Å². The van der Waals surface area contributed by atoms with Crippen molar-refractivity contribution >= 4 is 5.91 Å². The summed E-state index contributed by atoms with van der Waals surface area (Å²) < 4.78 is 5.13. The monoisotopic (exact) mass is 113 g/mol. The zero-order valence-electron chi connectivity index (χ0n) is 4.46. The lowest BCUT2D eigenvalue weighted by molar-refractivity contribution is -0.154. The fraction of sp³-hybridized carbons (Fsp3) is 0.800. The van der Waals surface area contributed by atoms with Crippen LogP contribution in [0.1, 0.15) is 6.42 Å². The molecule has 44 valence electrons. The molecule has 0 bridgehead atoms. The Morgan fingerprint density at radius 3 is 3.12 bits per heavy atom. The summed E-state index contributed by atoms with van der Waals surface area (Å²) >= 11 is 0. The Bertz CT molecular complexity index is 134. The lowest BCUT2D eigenvalue weighted by Crippen LogP contribution is -2.48. The van der Waals surface area contributed by atoms with Gasteiger partial charge in [0.2, 0.25) is 5.91 Å². The summed E-state index contributed by atoms with van der Waals surface area (Å²) in [4.78, 5) is 12.3. The first-order valence-corrected chi connectivity index (χ1v) is 2.79. The van der Waals surface area contributed by atoms with Crippen LogP contribution in [0.2, 0.25) is 0 Å². The molecule has 2 heterocycles. The van der Waals surface area contributed by atoms with Gasteiger partial charge in [-0.15, -0.1) is 0 Å². The number of rotatable bonds is 0. The van der Waals surface area contributed by atoms with Crippen molar-refractivity contribution in [3.8, 4) is 0 Å². The minimum Gasteiger partial charge on any atom is -0.356 e. The summed E-state index contributed by atoms with van der Waals surface area (Å²) in [6, 6.07) is 0. The summed E-state index contributed by atoms with van der Waals surface area (Å²) in [6.07, 6.45) is 0.766. The number of nitrogens with zero attached hydrogens (tertiary/aromatic N) is 1. The smallest absolute Gasteiger partial charge is 0.229 e. The van der Waals surface area contributed by atoms with E-state index in [0.717, 1.165) is 13.2 Å². The van der Waals surface area contributed by atoms with E-state index < -0.39 is 0 Å². The molecule has 1 unspecified atom stereocenters. The van der Waals surface area contributed by atoms with Crippen molar-refractivity contribution in [2.24, 2.45) is 0 Å². The normalized spacial score (nSPS) is 34.8. The first-order chi connectivity index (χ1) is 3.88. The van der Waals surface area contributed by atoms with Gasteiger partial charge in [-0.3, -0.25) is 4.79 Å². The average molecular weight is 113 g/mol. The van der Waals surface area contributed by atoms with Crippen molar-refractivity contribution in [3.05, 3.63) is 0 Å². The molecule has 2 aliphatic rings. The molecular formula is C5H7NO2. The highest BCUT2D eigenvalue weighted by molar-refractivity contribution is 5.82. The van der Waals surface area contributed by atoms with Crippen LogP contribution in [-0.4, -0.2) is 30.2 Å². The third-order valence-corrected chi connectivity index (χ3v) is 1.66. The van der Waals surface area contributed by atoms with Gasteiger partial charge in [-0.25, -0.2) is 0 Å². The molecule has 3 nitrogen and oxygen atoms in total. The molecule has 8 heavy (non-hydrogen) atoms. The van der Waals surface area contributed by atoms with Crippen LogP contribution in [0.15, 0.2) is 0 Å². The van der Waals surface area contributed by atoms with E-state index in [1.165, 1.54) is 0 Å². The highest BCUT2D eigenvalue weighted by atomic mass is 16.5. The van der Waals surface area contributed by atoms with Crippen LogP contribution in [0.3, 0.4) is 0 Å². The summed E-state index contributed by atoms with van der Waals surface area (Å²) in [6.45, 7) is 1.54. The van der Waals surface area contributed by atoms with Crippen LogP contribution in [0.5, 0.6) is 0 Å². The summed E-state index contributed by atoms with van der Waals surface area (Å²) in [5, 5.41) is 0. The topological polar surface area (TPSA) is 29.5 Å². The number of fused-ring (bicyclic) bond motifs is 1. The van der Waals surface area contributed by atoms with Crippen molar-refractivity contribution in [2.45, 2.75) is 12.6 Å². The van der Waals surface area contributed by atoms with Crippen molar-refractivity contribution in [2.75, 3.05) is 13.2 Å². The SMILES string of the molecule is O=C1CC2OCCN12. The predicted octanol–water partition coefficient (Wildman–Crippen LogP) is -0.425. The Labute approximate surface area is 47.2 Å². The minimum absolute atomic E-state index is 0.155. The van der Waals surface area contributed by atoms with Gasteiger partial charge in [0.05, 0.1) is 13.0 Å². The molecule has 0 aromatic rings. The summed E-state index contributed by atoms with van der Waals surface area (Å²) in [5.74, 6) is 0.243. The Balaban J connectivity index is 2.11. The number of hydrogen-bond donors (Lipinski definition) is 0. The minimum atomic E-state index is 0.155. The summed E-state index contributed by atoms with van der Waals surface area (Å²) in [7, 11) is 0. The zero-order chi connectivity index (χ0) is 5.56. The number of amides is 1. The van der Waals surface area contributed by atoms with E-state index in [-0.39, 0.29) is 12.1 Å². The third-order valence-electron chi connectivity index (χ3n) is 1.66. The maximum absolute atomic E-state index is 10.6. The van der Waals surface area contributed by atoms with E-state index in [2.05, 4.69) is 0 Å². The van der Waals surface area contributed by atoms with Gasteiger partial charge >= 0.3 is 0 Å². The molecule has 2 saturated heterocycles. The molecule has 2 fully saturated rings. The van der Waals surface area contributed by atoms with Crippen molar-refractivity contribution in [1.82, 2.24) is 4.90 Å². The lowest BCUT2D eigenvalue weighted by atomic mass is 10.2. The molecule has 0 N–H and O–H groups in total. The second-order valence-corrected chi connectivity index (χ2v) is 2.12. The van der Waals surface area contributed by atoms with E-state index >= 15 is 0 Å². The van der Waals surface area contributed by atoms with Gasteiger partial charge in [-0.1, -0.05) is 0 Å². The second-order valence-electron chi connectivity index (χ2n) is 2.12. The van der Waals surface area contributed by atoms with Gasteiger partial charge in [-0.2, -0.15) is 0 Å². The average Bonchev–Trinajstić information content (AvgIpc) is 2.09. The molecule has 0 saturated carbocycles. The number of hydrogen-bond acceptors (Lipinski definition) is 2. The molecule has 3 heteroatoms. The van der Waals surface area contributed by atoms with Crippen LogP contribution in [0.4, 0.5) is 0 Å². The Hall–Kier alpha value is -0.570. The molecule has 0 radical (unpaired) electrons. The van der Waals surface area contributed by atoms with Gasteiger partial charge in [-0.05, 0) is 0 Å². The number of carbonyl (C=O) groups is 1. The molecule has 0 spiro atoms. The van der Waals surface area contributed by atoms with Gasteiger partial charge in [0.15, 0.2) is 0 Å². The highest BCUT2D eigenvalue weighted by Gasteiger charge is 2.40. The van der Waals surface area contributed by atoms with Crippen molar-refractivity contribution < 1.29 is 9.53 Å². The fourth-order valence-corrected chi connectivity index (χ4v) is 1.13. The Morgan fingerprint density at radius 2 is 2.62 bits per heavy atom. The molecule has 0 aromatic heterocycles.